The molecule has 0 radical (unpaired) electrons. The number of anilines is 1. The van der Waals surface area contributed by atoms with Crippen LogP contribution in [0.1, 0.15) is 41.9 Å². The van der Waals surface area contributed by atoms with Gasteiger partial charge in [0.25, 0.3) is 0 Å². The summed E-state index contributed by atoms with van der Waals surface area (Å²) in [5.74, 6) is -1.08. The van der Waals surface area contributed by atoms with Gasteiger partial charge in [-0.05, 0) is 25.8 Å². The van der Waals surface area contributed by atoms with Gasteiger partial charge in [-0.25, -0.2) is 9.59 Å². The van der Waals surface area contributed by atoms with Crippen LogP contribution in [0.15, 0.2) is 6.07 Å². The molecule has 3 N–H and O–H groups in total. The molecule has 1 aromatic heterocycles. The van der Waals surface area contributed by atoms with Gasteiger partial charge >= 0.3 is 12.0 Å². The van der Waals surface area contributed by atoms with Crippen LogP contribution in [-0.4, -0.2) is 40.1 Å². The molecule has 6 heteroatoms. The van der Waals surface area contributed by atoms with E-state index in [1.807, 2.05) is 0 Å². The monoisotopic (exact) mass is 265 g/mol. The molecule has 1 aliphatic rings. The fraction of sp³-hybridized carbons (Fsp3) is 0.538. The first kappa shape index (κ1) is 13.5. The zero-order valence-corrected chi connectivity index (χ0v) is 11.2. The van der Waals surface area contributed by atoms with Crippen LogP contribution >= 0.6 is 0 Å². The van der Waals surface area contributed by atoms with Gasteiger partial charge in [-0.2, -0.15) is 0 Å². The van der Waals surface area contributed by atoms with E-state index < -0.39 is 5.97 Å². The molecule has 2 rings (SSSR count). The summed E-state index contributed by atoms with van der Waals surface area (Å²) in [6.45, 7) is 1.75. The molecule has 2 amide bonds. The number of amides is 2. The number of carbonyl (C=O) groups excluding carboxylic acids is 1. The molecular weight excluding hydrogens is 246 g/mol. The number of carboxylic acid groups (broad SMARTS) is 1. The summed E-state index contributed by atoms with van der Waals surface area (Å²) < 4.78 is 0. The molecular formula is C13H19N3O3. The van der Waals surface area contributed by atoms with E-state index in [-0.39, 0.29) is 17.8 Å². The Bertz CT molecular complexity index is 489. The molecule has 104 valence electrons. The second-order valence-corrected chi connectivity index (χ2v) is 5.03. The topological polar surface area (TPSA) is 85.4 Å². The van der Waals surface area contributed by atoms with Crippen LogP contribution in [0.25, 0.3) is 0 Å². The number of carboxylic acids is 1. The summed E-state index contributed by atoms with van der Waals surface area (Å²) in [6, 6.07) is 1.63. The van der Waals surface area contributed by atoms with E-state index >= 15 is 0 Å². The van der Waals surface area contributed by atoms with Gasteiger partial charge in [0.05, 0.1) is 5.69 Å². The number of aromatic carboxylic acids is 1. The van der Waals surface area contributed by atoms with Crippen molar-refractivity contribution in [1.82, 2.24) is 9.88 Å². The SMILES string of the molecule is Cc1cc(NC(=O)N(C)C2CCCC2)c(C(=O)O)[nH]1. The molecule has 0 atom stereocenters. The van der Waals surface area contributed by atoms with Crippen molar-refractivity contribution in [2.45, 2.75) is 38.6 Å². The van der Waals surface area contributed by atoms with Crippen molar-refractivity contribution in [2.75, 3.05) is 12.4 Å². The Morgan fingerprint density at radius 3 is 2.63 bits per heavy atom. The quantitative estimate of drug-likeness (QED) is 0.784. The molecule has 0 aliphatic heterocycles. The lowest BCUT2D eigenvalue weighted by molar-refractivity contribution is 0.0692. The normalized spacial score (nSPS) is 15.5. The van der Waals surface area contributed by atoms with E-state index in [9.17, 15) is 9.59 Å². The van der Waals surface area contributed by atoms with Crippen LogP contribution in [0.2, 0.25) is 0 Å². The van der Waals surface area contributed by atoms with Crippen LogP contribution in [-0.2, 0) is 0 Å². The number of nitrogens with zero attached hydrogens (tertiary/aromatic N) is 1. The molecule has 0 bridgehead atoms. The number of rotatable bonds is 3. The molecule has 0 aromatic carbocycles. The minimum Gasteiger partial charge on any atom is -0.477 e. The number of H-pyrrole nitrogens is 1. The average molecular weight is 265 g/mol. The Morgan fingerprint density at radius 1 is 1.42 bits per heavy atom. The number of aryl methyl sites for hydroxylation is 1. The molecule has 1 saturated carbocycles. The number of aromatic nitrogens is 1. The first-order chi connectivity index (χ1) is 8.99. The predicted molar refractivity (Wildman–Crippen MR) is 71.5 cm³/mol. The third kappa shape index (κ3) is 2.89. The lowest BCUT2D eigenvalue weighted by Crippen LogP contribution is -2.38. The zero-order chi connectivity index (χ0) is 14.0. The summed E-state index contributed by atoms with van der Waals surface area (Å²) in [5, 5.41) is 11.7. The van der Waals surface area contributed by atoms with Gasteiger partial charge in [0.2, 0.25) is 0 Å². The van der Waals surface area contributed by atoms with Crippen LogP contribution in [0.4, 0.5) is 10.5 Å². The highest BCUT2D eigenvalue weighted by molar-refractivity contribution is 5.99. The van der Waals surface area contributed by atoms with Crippen molar-refractivity contribution >= 4 is 17.7 Å². The van der Waals surface area contributed by atoms with E-state index in [0.717, 1.165) is 25.7 Å². The standard InChI is InChI=1S/C13H19N3O3/c1-8-7-10(11(14-8)12(17)18)15-13(19)16(2)9-5-3-4-6-9/h7,9,14H,3-6H2,1-2H3,(H,15,19)(H,17,18). The van der Waals surface area contributed by atoms with E-state index in [1.165, 1.54) is 0 Å². The fourth-order valence-electron chi connectivity index (χ4n) is 2.52. The van der Waals surface area contributed by atoms with E-state index in [0.29, 0.717) is 11.4 Å². The van der Waals surface area contributed by atoms with Crippen molar-refractivity contribution in [3.05, 3.63) is 17.5 Å². The van der Waals surface area contributed by atoms with Gasteiger partial charge in [0.1, 0.15) is 5.69 Å². The third-order valence-electron chi connectivity index (χ3n) is 3.60. The Morgan fingerprint density at radius 2 is 2.05 bits per heavy atom. The lowest BCUT2D eigenvalue weighted by Gasteiger charge is -2.24. The van der Waals surface area contributed by atoms with Gasteiger partial charge in [-0.3, -0.25) is 0 Å². The smallest absolute Gasteiger partial charge is 0.354 e. The summed E-state index contributed by atoms with van der Waals surface area (Å²) in [7, 11) is 1.76. The van der Waals surface area contributed by atoms with E-state index in [1.54, 1.807) is 24.9 Å². The highest BCUT2D eigenvalue weighted by atomic mass is 16.4. The minimum absolute atomic E-state index is 0.0191. The van der Waals surface area contributed by atoms with Crippen molar-refractivity contribution in [3.8, 4) is 0 Å². The Balaban J connectivity index is 2.07. The number of aromatic amines is 1. The highest BCUT2D eigenvalue weighted by Gasteiger charge is 2.24. The van der Waals surface area contributed by atoms with E-state index in [2.05, 4.69) is 10.3 Å². The molecule has 0 unspecified atom stereocenters. The molecule has 19 heavy (non-hydrogen) atoms. The third-order valence-corrected chi connectivity index (χ3v) is 3.60. The van der Waals surface area contributed by atoms with Crippen LogP contribution in [0.5, 0.6) is 0 Å². The summed E-state index contributed by atoms with van der Waals surface area (Å²) in [5.41, 5.74) is 1.04. The molecule has 6 nitrogen and oxygen atoms in total. The first-order valence-electron chi connectivity index (χ1n) is 6.45. The predicted octanol–water partition coefficient (Wildman–Crippen LogP) is 2.43. The Kier molecular flexibility index (Phi) is 3.78. The second kappa shape index (κ2) is 5.34. The summed E-state index contributed by atoms with van der Waals surface area (Å²) >= 11 is 0. The minimum atomic E-state index is -1.08. The summed E-state index contributed by atoms with van der Waals surface area (Å²) in [6.07, 6.45) is 4.32. The van der Waals surface area contributed by atoms with Crippen molar-refractivity contribution < 1.29 is 14.7 Å². The van der Waals surface area contributed by atoms with Crippen molar-refractivity contribution in [3.63, 3.8) is 0 Å². The molecule has 1 aromatic rings. The first-order valence-corrected chi connectivity index (χ1v) is 6.45. The van der Waals surface area contributed by atoms with E-state index in [4.69, 9.17) is 5.11 Å². The maximum absolute atomic E-state index is 12.1. The molecule has 1 aliphatic carbocycles. The number of nitrogens with one attached hydrogen (secondary N) is 2. The van der Waals surface area contributed by atoms with Gasteiger partial charge < -0.3 is 20.3 Å². The van der Waals surface area contributed by atoms with Crippen LogP contribution < -0.4 is 5.32 Å². The number of carbonyl (C=O) groups is 2. The zero-order valence-electron chi connectivity index (χ0n) is 11.2. The molecule has 0 saturated heterocycles. The van der Waals surface area contributed by atoms with Crippen molar-refractivity contribution in [1.29, 1.82) is 0 Å². The van der Waals surface area contributed by atoms with Crippen LogP contribution in [0, 0.1) is 6.92 Å². The van der Waals surface area contributed by atoms with Crippen LogP contribution in [0.3, 0.4) is 0 Å². The number of hydrogen-bond acceptors (Lipinski definition) is 2. The van der Waals surface area contributed by atoms with Gasteiger partial charge in [-0.1, -0.05) is 12.8 Å². The largest absolute Gasteiger partial charge is 0.477 e. The number of urea groups is 1. The maximum Gasteiger partial charge on any atom is 0.354 e. The van der Waals surface area contributed by atoms with Gasteiger partial charge in [0.15, 0.2) is 0 Å². The molecule has 1 heterocycles. The Labute approximate surface area is 111 Å². The highest BCUT2D eigenvalue weighted by Crippen LogP contribution is 2.24. The maximum atomic E-state index is 12.1. The fourth-order valence-corrected chi connectivity index (χ4v) is 2.52. The lowest BCUT2D eigenvalue weighted by atomic mass is 10.2. The van der Waals surface area contributed by atoms with Gasteiger partial charge in [-0.15, -0.1) is 0 Å². The Hall–Kier alpha value is -1.98. The summed E-state index contributed by atoms with van der Waals surface area (Å²) in [4.78, 5) is 27.5. The van der Waals surface area contributed by atoms with Crippen molar-refractivity contribution in [2.24, 2.45) is 0 Å². The second-order valence-electron chi connectivity index (χ2n) is 5.03. The van der Waals surface area contributed by atoms with Gasteiger partial charge in [0, 0.05) is 18.8 Å². The molecule has 0 spiro atoms. The average Bonchev–Trinajstić information content (AvgIpc) is 2.97. The number of hydrogen-bond donors (Lipinski definition) is 3. The molecule has 1 fully saturated rings.